The largest absolute Gasteiger partial charge is 0.237 e. The van der Waals surface area contributed by atoms with Crippen LogP contribution in [0.4, 0.5) is 0 Å². The normalized spacial score (nSPS) is 13.3. The fourth-order valence-electron chi connectivity index (χ4n) is 2.05. The molecule has 0 saturated carbocycles. The minimum Gasteiger partial charge on any atom is -0.237 e. The third kappa shape index (κ3) is 3.72. The van der Waals surface area contributed by atoms with Crippen molar-refractivity contribution in [2.75, 3.05) is 0 Å². The lowest BCUT2D eigenvalue weighted by Gasteiger charge is -2.12. The van der Waals surface area contributed by atoms with Crippen molar-refractivity contribution in [3.8, 4) is 5.82 Å². The highest BCUT2D eigenvalue weighted by molar-refractivity contribution is 7.90. The van der Waals surface area contributed by atoms with Crippen LogP contribution < -0.4 is 4.72 Å². The predicted octanol–water partition coefficient (Wildman–Crippen LogP) is 2.10. The van der Waals surface area contributed by atoms with Crippen molar-refractivity contribution in [3.63, 3.8) is 0 Å². The zero-order valence-corrected chi connectivity index (χ0v) is 14.2. The summed E-state index contributed by atoms with van der Waals surface area (Å²) >= 11 is 0. The van der Waals surface area contributed by atoms with Gasteiger partial charge in [0.2, 0.25) is 10.0 Å². The lowest BCUT2D eigenvalue weighted by Crippen LogP contribution is -2.31. The Morgan fingerprint density at radius 1 is 1.32 bits per heavy atom. The van der Waals surface area contributed by atoms with Gasteiger partial charge < -0.3 is 0 Å². The van der Waals surface area contributed by atoms with E-state index in [1.165, 1.54) is 0 Å². The Morgan fingerprint density at radius 3 is 2.55 bits per heavy atom. The molecule has 0 radical (unpaired) electrons. The Hall–Kier alpha value is -1.73. The molecule has 7 heteroatoms. The highest BCUT2D eigenvalue weighted by atomic mass is 32.2. The molecule has 1 atom stereocenters. The lowest BCUT2D eigenvalue weighted by atomic mass is 10.3. The lowest BCUT2D eigenvalue weighted by molar-refractivity contribution is 0.565. The SMILES string of the molecule is CC[C@@H](C)S(=O)(=O)NCc1ccc(-n2nc(C)cc2C)nc1. The number of sulfonamides is 1. The summed E-state index contributed by atoms with van der Waals surface area (Å²) in [4.78, 5) is 4.35. The first-order chi connectivity index (χ1) is 10.3. The second-order valence-corrected chi connectivity index (χ2v) is 7.63. The Kier molecular flexibility index (Phi) is 4.97. The van der Waals surface area contributed by atoms with E-state index in [0.717, 1.165) is 22.8 Å². The van der Waals surface area contributed by atoms with Crippen molar-refractivity contribution in [1.82, 2.24) is 19.5 Å². The molecule has 0 aliphatic carbocycles. The van der Waals surface area contributed by atoms with Crippen LogP contribution >= 0.6 is 0 Å². The first-order valence-corrected chi connectivity index (χ1v) is 8.85. The molecule has 0 spiro atoms. The molecule has 120 valence electrons. The van der Waals surface area contributed by atoms with Crippen LogP contribution in [0, 0.1) is 13.8 Å². The van der Waals surface area contributed by atoms with Gasteiger partial charge in [-0.05, 0) is 44.9 Å². The maximum atomic E-state index is 11.9. The quantitative estimate of drug-likeness (QED) is 0.883. The summed E-state index contributed by atoms with van der Waals surface area (Å²) in [6.45, 7) is 7.70. The van der Waals surface area contributed by atoms with Gasteiger partial charge in [-0.15, -0.1) is 0 Å². The summed E-state index contributed by atoms with van der Waals surface area (Å²) < 4.78 is 28.2. The number of rotatable bonds is 6. The number of aromatic nitrogens is 3. The smallest absolute Gasteiger partial charge is 0.214 e. The zero-order valence-electron chi connectivity index (χ0n) is 13.4. The molecule has 0 saturated heterocycles. The van der Waals surface area contributed by atoms with Crippen molar-refractivity contribution in [3.05, 3.63) is 41.3 Å². The van der Waals surface area contributed by atoms with E-state index < -0.39 is 15.3 Å². The van der Waals surface area contributed by atoms with Crippen molar-refractivity contribution >= 4 is 10.0 Å². The van der Waals surface area contributed by atoms with E-state index in [9.17, 15) is 8.42 Å². The third-order valence-electron chi connectivity index (χ3n) is 3.62. The topological polar surface area (TPSA) is 76.9 Å². The van der Waals surface area contributed by atoms with Gasteiger partial charge in [-0.25, -0.2) is 22.8 Å². The second kappa shape index (κ2) is 6.58. The van der Waals surface area contributed by atoms with Gasteiger partial charge in [-0.1, -0.05) is 13.0 Å². The number of hydrogen-bond donors (Lipinski definition) is 1. The molecule has 2 aromatic rings. The Bertz CT molecular complexity index is 735. The summed E-state index contributed by atoms with van der Waals surface area (Å²) in [6.07, 6.45) is 2.26. The molecule has 6 nitrogen and oxygen atoms in total. The monoisotopic (exact) mass is 322 g/mol. The van der Waals surface area contributed by atoms with E-state index in [2.05, 4.69) is 14.8 Å². The number of nitrogens with one attached hydrogen (secondary N) is 1. The molecule has 1 N–H and O–H groups in total. The summed E-state index contributed by atoms with van der Waals surface area (Å²) in [7, 11) is -3.27. The van der Waals surface area contributed by atoms with E-state index >= 15 is 0 Å². The molecule has 2 rings (SSSR count). The molecule has 0 bridgehead atoms. The van der Waals surface area contributed by atoms with Gasteiger partial charge in [-0.3, -0.25) is 0 Å². The maximum Gasteiger partial charge on any atom is 0.214 e. The molecule has 2 aromatic heterocycles. The molecular weight excluding hydrogens is 300 g/mol. The van der Waals surface area contributed by atoms with Crippen LogP contribution in [0.2, 0.25) is 0 Å². The van der Waals surface area contributed by atoms with Crippen LogP contribution in [0.15, 0.2) is 24.4 Å². The van der Waals surface area contributed by atoms with E-state index in [-0.39, 0.29) is 6.54 Å². The number of aryl methyl sites for hydroxylation is 2. The van der Waals surface area contributed by atoms with Gasteiger partial charge in [0.1, 0.15) is 0 Å². The maximum absolute atomic E-state index is 11.9. The Balaban J connectivity index is 2.08. The van der Waals surface area contributed by atoms with Gasteiger partial charge >= 0.3 is 0 Å². The van der Waals surface area contributed by atoms with E-state index in [1.807, 2.05) is 39.0 Å². The van der Waals surface area contributed by atoms with Crippen LogP contribution in [-0.4, -0.2) is 28.4 Å². The van der Waals surface area contributed by atoms with Crippen LogP contribution in [0.3, 0.4) is 0 Å². The minimum absolute atomic E-state index is 0.247. The Morgan fingerprint density at radius 2 is 2.05 bits per heavy atom. The molecule has 0 fully saturated rings. The van der Waals surface area contributed by atoms with E-state index in [1.54, 1.807) is 17.8 Å². The summed E-state index contributed by atoms with van der Waals surface area (Å²) in [5.74, 6) is 0.721. The van der Waals surface area contributed by atoms with E-state index in [4.69, 9.17) is 0 Å². The van der Waals surface area contributed by atoms with Crippen molar-refractivity contribution in [2.45, 2.75) is 45.9 Å². The van der Waals surface area contributed by atoms with Crippen molar-refractivity contribution < 1.29 is 8.42 Å². The minimum atomic E-state index is -3.27. The number of hydrogen-bond acceptors (Lipinski definition) is 4. The molecule has 22 heavy (non-hydrogen) atoms. The van der Waals surface area contributed by atoms with E-state index in [0.29, 0.717) is 6.42 Å². The average Bonchev–Trinajstić information content (AvgIpc) is 2.83. The van der Waals surface area contributed by atoms with Gasteiger partial charge in [-0.2, -0.15) is 5.10 Å². The number of pyridine rings is 1. The van der Waals surface area contributed by atoms with Crippen LogP contribution in [-0.2, 0) is 16.6 Å². The standard InChI is InChI=1S/C15H22N4O2S/c1-5-13(4)22(20,21)17-10-14-6-7-15(16-9-14)19-12(3)8-11(2)18-19/h6-9,13,17H,5,10H2,1-4H3/t13-/m1/s1. The third-order valence-corrected chi connectivity index (χ3v) is 5.56. The molecule has 0 aliphatic rings. The van der Waals surface area contributed by atoms with Crippen LogP contribution in [0.5, 0.6) is 0 Å². The fourth-order valence-corrected chi connectivity index (χ4v) is 3.14. The second-order valence-electron chi connectivity index (χ2n) is 5.45. The van der Waals surface area contributed by atoms with Crippen molar-refractivity contribution in [1.29, 1.82) is 0 Å². The first-order valence-electron chi connectivity index (χ1n) is 7.30. The number of nitrogens with zero attached hydrogens (tertiary/aromatic N) is 3. The molecule has 0 amide bonds. The van der Waals surface area contributed by atoms with Crippen LogP contribution in [0.1, 0.15) is 37.2 Å². The average molecular weight is 322 g/mol. The molecule has 0 unspecified atom stereocenters. The first kappa shape index (κ1) is 16.6. The highest BCUT2D eigenvalue weighted by Crippen LogP contribution is 2.11. The van der Waals surface area contributed by atoms with Crippen LogP contribution in [0.25, 0.3) is 5.82 Å². The summed E-state index contributed by atoms with van der Waals surface area (Å²) in [6, 6.07) is 5.68. The summed E-state index contributed by atoms with van der Waals surface area (Å²) in [5, 5.41) is 3.98. The molecule has 0 aromatic carbocycles. The van der Waals surface area contributed by atoms with Gasteiger partial charge in [0.15, 0.2) is 5.82 Å². The van der Waals surface area contributed by atoms with Gasteiger partial charge in [0.05, 0.1) is 10.9 Å². The molecular formula is C15H22N4O2S. The van der Waals surface area contributed by atoms with Gasteiger partial charge in [0.25, 0.3) is 0 Å². The fraction of sp³-hybridized carbons (Fsp3) is 0.467. The molecule has 2 heterocycles. The predicted molar refractivity (Wildman–Crippen MR) is 86.3 cm³/mol. The van der Waals surface area contributed by atoms with Crippen molar-refractivity contribution in [2.24, 2.45) is 0 Å². The Labute approximate surface area is 131 Å². The van der Waals surface area contributed by atoms with Gasteiger partial charge in [0, 0.05) is 18.4 Å². The molecule has 0 aliphatic heterocycles. The highest BCUT2D eigenvalue weighted by Gasteiger charge is 2.18. The zero-order chi connectivity index (χ0) is 16.3. The summed E-state index contributed by atoms with van der Waals surface area (Å²) in [5.41, 5.74) is 2.76.